The van der Waals surface area contributed by atoms with Gasteiger partial charge in [0.1, 0.15) is 0 Å². The molecule has 1 heterocycles. The van der Waals surface area contributed by atoms with E-state index in [1.165, 1.54) is 0 Å². The quantitative estimate of drug-likeness (QED) is 0.568. The lowest BCUT2D eigenvalue weighted by Crippen LogP contribution is -2.52. The van der Waals surface area contributed by atoms with Gasteiger partial charge in [0.05, 0.1) is 17.6 Å². The van der Waals surface area contributed by atoms with Gasteiger partial charge in [-0.1, -0.05) is 0 Å². The minimum atomic E-state index is -2.72. The molecule has 0 aromatic carbocycles. The molecule has 2 N–H and O–H groups in total. The standard InChI is InChI=1S/C6H13NO3S/c1-5(8)2-7-6-3-11(9,10)4-6/h5-8H,2-4H2,1H3/t5-/m1/s1. The van der Waals surface area contributed by atoms with Crippen LogP contribution in [0.1, 0.15) is 6.92 Å². The van der Waals surface area contributed by atoms with Crippen molar-refractivity contribution in [2.24, 2.45) is 0 Å². The van der Waals surface area contributed by atoms with E-state index in [-0.39, 0.29) is 17.5 Å². The summed E-state index contributed by atoms with van der Waals surface area (Å²) in [5.41, 5.74) is 0. The first-order chi connectivity index (χ1) is 4.99. The van der Waals surface area contributed by atoms with Crippen LogP contribution in [0.3, 0.4) is 0 Å². The SMILES string of the molecule is C[C@@H](O)CNC1CS(=O)(=O)C1. The smallest absolute Gasteiger partial charge is 0.153 e. The highest BCUT2D eigenvalue weighted by atomic mass is 32.2. The van der Waals surface area contributed by atoms with Crippen molar-refractivity contribution in [3.05, 3.63) is 0 Å². The summed E-state index contributed by atoms with van der Waals surface area (Å²) >= 11 is 0. The van der Waals surface area contributed by atoms with Gasteiger partial charge in [-0.2, -0.15) is 0 Å². The van der Waals surface area contributed by atoms with E-state index in [9.17, 15) is 8.42 Å². The number of hydrogen-bond donors (Lipinski definition) is 2. The maximum Gasteiger partial charge on any atom is 0.153 e. The fourth-order valence-corrected chi connectivity index (χ4v) is 2.38. The van der Waals surface area contributed by atoms with Crippen LogP contribution in [0.4, 0.5) is 0 Å². The summed E-state index contributed by atoms with van der Waals surface area (Å²) in [5.74, 6) is 0.444. The van der Waals surface area contributed by atoms with Crippen LogP contribution in [0, 0.1) is 0 Å². The Morgan fingerprint density at radius 1 is 1.64 bits per heavy atom. The zero-order chi connectivity index (χ0) is 8.48. The molecule has 1 rings (SSSR count). The molecule has 0 aromatic rings. The molecule has 1 aliphatic rings. The summed E-state index contributed by atoms with van der Waals surface area (Å²) in [6.07, 6.45) is -0.404. The Balaban J connectivity index is 2.14. The van der Waals surface area contributed by atoms with Gasteiger partial charge < -0.3 is 10.4 Å². The summed E-state index contributed by atoms with van der Waals surface area (Å²) in [6.45, 7) is 2.14. The van der Waals surface area contributed by atoms with Crippen LogP contribution in [-0.2, 0) is 9.84 Å². The molecule has 4 nitrogen and oxygen atoms in total. The molecule has 0 aliphatic carbocycles. The molecule has 1 aliphatic heterocycles. The van der Waals surface area contributed by atoms with Crippen molar-refractivity contribution in [1.82, 2.24) is 5.32 Å². The van der Waals surface area contributed by atoms with Gasteiger partial charge in [-0.05, 0) is 6.92 Å². The van der Waals surface area contributed by atoms with Crippen molar-refractivity contribution in [3.8, 4) is 0 Å². The number of hydrogen-bond acceptors (Lipinski definition) is 4. The molecule has 11 heavy (non-hydrogen) atoms. The topological polar surface area (TPSA) is 66.4 Å². The number of aliphatic hydroxyl groups excluding tert-OH is 1. The number of rotatable bonds is 3. The van der Waals surface area contributed by atoms with E-state index in [4.69, 9.17) is 5.11 Å². The minimum Gasteiger partial charge on any atom is -0.392 e. The Morgan fingerprint density at radius 2 is 2.18 bits per heavy atom. The molecule has 0 spiro atoms. The monoisotopic (exact) mass is 179 g/mol. The van der Waals surface area contributed by atoms with E-state index in [0.717, 1.165) is 0 Å². The summed E-state index contributed by atoms with van der Waals surface area (Å²) in [6, 6.07) is 0.0644. The summed E-state index contributed by atoms with van der Waals surface area (Å²) < 4.78 is 21.3. The lowest BCUT2D eigenvalue weighted by molar-refractivity contribution is 0.187. The van der Waals surface area contributed by atoms with Gasteiger partial charge in [0, 0.05) is 12.6 Å². The minimum absolute atomic E-state index is 0.0644. The Hall–Kier alpha value is -0.130. The lowest BCUT2D eigenvalue weighted by atomic mass is 10.3. The van der Waals surface area contributed by atoms with E-state index in [0.29, 0.717) is 6.54 Å². The second-order valence-electron chi connectivity index (χ2n) is 3.03. The molecule has 66 valence electrons. The van der Waals surface area contributed by atoms with Crippen LogP contribution >= 0.6 is 0 Å². The van der Waals surface area contributed by atoms with Crippen LogP contribution < -0.4 is 5.32 Å². The highest BCUT2D eigenvalue weighted by Gasteiger charge is 2.32. The number of sulfone groups is 1. The molecule has 0 aromatic heterocycles. The zero-order valence-electron chi connectivity index (χ0n) is 6.45. The molecule has 1 saturated heterocycles. The molecule has 1 atom stereocenters. The van der Waals surface area contributed by atoms with Crippen LogP contribution in [0.2, 0.25) is 0 Å². The Kier molecular flexibility index (Phi) is 2.51. The summed E-state index contributed by atoms with van der Waals surface area (Å²) in [7, 11) is -2.72. The Morgan fingerprint density at radius 3 is 2.55 bits per heavy atom. The van der Waals surface area contributed by atoms with Gasteiger partial charge in [-0.25, -0.2) is 8.42 Å². The van der Waals surface area contributed by atoms with Crippen LogP contribution in [0.25, 0.3) is 0 Å². The molecule has 0 bridgehead atoms. The number of aliphatic hydroxyl groups is 1. The van der Waals surface area contributed by atoms with Crippen LogP contribution in [0.15, 0.2) is 0 Å². The lowest BCUT2D eigenvalue weighted by Gasteiger charge is -2.27. The molecule has 5 heteroatoms. The van der Waals surface area contributed by atoms with Gasteiger partial charge in [0.25, 0.3) is 0 Å². The van der Waals surface area contributed by atoms with E-state index >= 15 is 0 Å². The predicted molar refractivity (Wildman–Crippen MR) is 42.1 cm³/mol. The van der Waals surface area contributed by atoms with E-state index in [1.54, 1.807) is 6.92 Å². The van der Waals surface area contributed by atoms with Gasteiger partial charge in [0.15, 0.2) is 9.84 Å². The van der Waals surface area contributed by atoms with E-state index < -0.39 is 15.9 Å². The molecular weight excluding hydrogens is 166 g/mol. The Labute approximate surface area is 66.5 Å². The van der Waals surface area contributed by atoms with Crippen molar-refractivity contribution in [2.45, 2.75) is 19.1 Å². The average molecular weight is 179 g/mol. The van der Waals surface area contributed by atoms with E-state index in [2.05, 4.69) is 5.32 Å². The normalized spacial score (nSPS) is 26.0. The van der Waals surface area contributed by atoms with Gasteiger partial charge >= 0.3 is 0 Å². The van der Waals surface area contributed by atoms with Gasteiger partial charge in [-0.15, -0.1) is 0 Å². The Bertz CT molecular complexity index is 210. The van der Waals surface area contributed by atoms with Gasteiger partial charge in [-0.3, -0.25) is 0 Å². The third kappa shape index (κ3) is 2.76. The second-order valence-corrected chi connectivity index (χ2v) is 5.18. The molecule has 0 radical (unpaired) electrons. The largest absolute Gasteiger partial charge is 0.392 e. The van der Waals surface area contributed by atoms with Crippen molar-refractivity contribution >= 4 is 9.84 Å². The molecule has 0 amide bonds. The van der Waals surface area contributed by atoms with E-state index in [1.807, 2.05) is 0 Å². The first kappa shape index (κ1) is 8.96. The fourth-order valence-electron chi connectivity index (χ4n) is 1.02. The highest BCUT2D eigenvalue weighted by Crippen LogP contribution is 2.09. The first-order valence-corrected chi connectivity index (χ1v) is 5.43. The molecule has 1 fully saturated rings. The van der Waals surface area contributed by atoms with Crippen LogP contribution in [0.5, 0.6) is 0 Å². The fraction of sp³-hybridized carbons (Fsp3) is 1.00. The van der Waals surface area contributed by atoms with Crippen molar-refractivity contribution in [3.63, 3.8) is 0 Å². The molecule has 0 unspecified atom stereocenters. The van der Waals surface area contributed by atoms with Crippen molar-refractivity contribution in [1.29, 1.82) is 0 Å². The summed E-state index contributed by atoms with van der Waals surface area (Å²) in [5, 5.41) is 11.8. The number of nitrogens with one attached hydrogen (secondary N) is 1. The second kappa shape index (κ2) is 3.08. The van der Waals surface area contributed by atoms with Crippen LogP contribution in [-0.4, -0.2) is 43.7 Å². The third-order valence-electron chi connectivity index (χ3n) is 1.61. The first-order valence-electron chi connectivity index (χ1n) is 3.61. The molecular formula is C6H13NO3S. The zero-order valence-corrected chi connectivity index (χ0v) is 7.26. The summed E-state index contributed by atoms with van der Waals surface area (Å²) in [4.78, 5) is 0. The van der Waals surface area contributed by atoms with Gasteiger partial charge in [0.2, 0.25) is 0 Å². The average Bonchev–Trinajstić information content (AvgIpc) is 1.78. The third-order valence-corrected chi connectivity index (χ3v) is 3.43. The molecule has 0 saturated carbocycles. The maximum absolute atomic E-state index is 10.6. The van der Waals surface area contributed by atoms with Crippen molar-refractivity contribution in [2.75, 3.05) is 18.1 Å². The maximum atomic E-state index is 10.6. The highest BCUT2D eigenvalue weighted by molar-refractivity contribution is 7.92. The van der Waals surface area contributed by atoms with Crippen molar-refractivity contribution < 1.29 is 13.5 Å². The predicted octanol–water partition coefficient (Wildman–Crippen LogP) is -1.25.